The topological polar surface area (TPSA) is 81.1 Å². The van der Waals surface area contributed by atoms with Gasteiger partial charge in [-0.1, -0.05) is 23.4 Å². The second-order valence-electron chi connectivity index (χ2n) is 7.07. The van der Waals surface area contributed by atoms with E-state index in [9.17, 15) is 5.11 Å². The van der Waals surface area contributed by atoms with Crippen LogP contribution in [0.2, 0.25) is 0 Å². The van der Waals surface area contributed by atoms with E-state index in [1.807, 2.05) is 40.9 Å². The number of aliphatic hydroxyl groups excluding tert-OH is 1. The van der Waals surface area contributed by atoms with Crippen LogP contribution < -0.4 is 0 Å². The van der Waals surface area contributed by atoms with Gasteiger partial charge in [0.25, 0.3) is 0 Å². The van der Waals surface area contributed by atoms with Gasteiger partial charge in [0.15, 0.2) is 0 Å². The van der Waals surface area contributed by atoms with Crippen LogP contribution in [0.4, 0.5) is 0 Å². The normalized spacial score (nSPS) is 15.5. The maximum atomic E-state index is 11.2. The SMILES string of the molecule is OC(c1cn(-c2ccnc3ccccc23)nn1)c1c(C2CC2)sc2cncn12. The number of nitrogens with zero attached hydrogens (tertiary/aromatic N) is 6. The summed E-state index contributed by atoms with van der Waals surface area (Å²) in [5, 5.41) is 20.7. The molecule has 0 spiro atoms. The molecule has 28 heavy (non-hydrogen) atoms. The van der Waals surface area contributed by atoms with Gasteiger partial charge in [-0.3, -0.25) is 9.38 Å². The molecule has 0 amide bonds. The highest BCUT2D eigenvalue weighted by Crippen LogP contribution is 2.47. The number of fused-ring (bicyclic) bond motifs is 2. The molecule has 1 saturated carbocycles. The number of imidazole rings is 1. The zero-order valence-corrected chi connectivity index (χ0v) is 15.6. The first kappa shape index (κ1) is 15.9. The van der Waals surface area contributed by atoms with Crippen molar-refractivity contribution in [1.29, 1.82) is 0 Å². The van der Waals surface area contributed by atoms with Gasteiger partial charge < -0.3 is 5.11 Å². The van der Waals surface area contributed by atoms with Crippen LogP contribution >= 0.6 is 11.3 Å². The molecular formula is C20H16N6OS. The number of hydrogen-bond acceptors (Lipinski definition) is 6. The summed E-state index contributed by atoms with van der Waals surface area (Å²) in [5.74, 6) is 0.536. The first-order valence-corrected chi connectivity index (χ1v) is 10.0. The van der Waals surface area contributed by atoms with Gasteiger partial charge in [-0.25, -0.2) is 9.67 Å². The number of pyridine rings is 1. The average molecular weight is 388 g/mol. The van der Waals surface area contributed by atoms with Crippen molar-refractivity contribution >= 4 is 27.1 Å². The Morgan fingerprint density at radius 2 is 2.07 bits per heavy atom. The Balaban J connectivity index is 1.45. The summed E-state index contributed by atoms with van der Waals surface area (Å²) in [6.45, 7) is 0. The van der Waals surface area contributed by atoms with E-state index in [2.05, 4.69) is 20.3 Å². The van der Waals surface area contributed by atoms with Crippen LogP contribution in [0, 0.1) is 0 Å². The third kappa shape index (κ3) is 2.38. The minimum absolute atomic E-state index is 0.524. The molecule has 1 aromatic carbocycles. The summed E-state index contributed by atoms with van der Waals surface area (Å²) in [6, 6.07) is 9.82. The predicted octanol–water partition coefficient (Wildman–Crippen LogP) is 3.48. The van der Waals surface area contributed by atoms with Gasteiger partial charge in [0.2, 0.25) is 0 Å². The van der Waals surface area contributed by atoms with Crippen molar-refractivity contribution in [2.24, 2.45) is 0 Å². The van der Waals surface area contributed by atoms with Gasteiger partial charge in [0.1, 0.15) is 23.0 Å². The van der Waals surface area contributed by atoms with Crippen LogP contribution in [0.25, 0.3) is 21.4 Å². The second-order valence-corrected chi connectivity index (χ2v) is 8.13. The Morgan fingerprint density at radius 1 is 1.18 bits per heavy atom. The summed E-state index contributed by atoms with van der Waals surface area (Å²) in [7, 11) is 0. The van der Waals surface area contributed by atoms with Crippen molar-refractivity contribution in [3.63, 3.8) is 0 Å². The molecule has 0 bridgehead atoms. The minimum Gasteiger partial charge on any atom is -0.380 e. The molecule has 1 unspecified atom stereocenters. The number of aromatic nitrogens is 6. The fourth-order valence-electron chi connectivity index (χ4n) is 3.67. The maximum absolute atomic E-state index is 11.2. The van der Waals surface area contributed by atoms with Crippen molar-refractivity contribution in [3.8, 4) is 5.69 Å². The van der Waals surface area contributed by atoms with Gasteiger partial charge in [0.05, 0.1) is 29.3 Å². The van der Waals surface area contributed by atoms with Crippen molar-refractivity contribution in [2.45, 2.75) is 24.9 Å². The smallest absolute Gasteiger partial charge is 0.141 e. The van der Waals surface area contributed by atoms with E-state index >= 15 is 0 Å². The van der Waals surface area contributed by atoms with Crippen molar-refractivity contribution in [1.82, 2.24) is 29.4 Å². The van der Waals surface area contributed by atoms with Crippen molar-refractivity contribution in [3.05, 3.63) is 71.5 Å². The van der Waals surface area contributed by atoms with E-state index in [0.29, 0.717) is 11.6 Å². The number of benzene rings is 1. The molecule has 4 aromatic heterocycles. The quantitative estimate of drug-likeness (QED) is 0.510. The van der Waals surface area contributed by atoms with Crippen LogP contribution in [-0.2, 0) is 0 Å². The Hall–Kier alpha value is -3.10. The monoisotopic (exact) mass is 388 g/mol. The Kier molecular flexibility index (Phi) is 3.38. The van der Waals surface area contributed by atoms with Gasteiger partial charge in [-0.05, 0) is 30.9 Å². The number of para-hydroxylation sites is 1. The Morgan fingerprint density at radius 3 is 2.96 bits per heavy atom. The lowest BCUT2D eigenvalue weighted by molar-refractivity contribution is 0.208. The zero-order valence-electron chi connectivity index (χ0n) is 14.8. The summed E-state index contributed by atoms with van der Waals surface area (Å²) in [6.07, 6.45) is 8.65. The van der Waals surface area contributed by atoms with Crippen LogP contribution in [0.3, 0.4) is 0 Å². The van der Waals surface area contributed by atoms with Crippen LogP contribution in [0.15, 0.2) is 55.2 Å². The molecular weight excluding hydrogens is 372 g/mol. The van der Waals surface area contributed by atoms with Crippen molar-refractivity contribution < 1.29 is 5.11 Å². The maximum Gasteiger partial charge on any atom is 0.141 e. The molecule has 138 valence electrons. The number of aliphatic hydroxyl groups is 1. The van der Waals surface area contributed by atoms with E-state index in [1.54, 1.807) is 34.7 Å². The van der Waals surface area contributed by atoms with Crippen LogP contribution in [-0.4, -0.2) is 34.5 Å². The molecule has 0 aliphatic heterocycles. The molecule has 7 nitrogen and oxygen atoms in total. The third-order valence-electron chi connectivity index (χ3n) is 5.20. The molecule has 5 aromatic rings. The number of thiazole rings is 1. The molecule has 1 fully saturated rings. The number of rotatable bonds is 4. The molecule has 1 aliphatic rings. The van der Waals surface area contributed by atoms with E-state index in [-0.39, 0.29) is 0 Å². The summed E-state index contributed by atoms with van der Waals surface area (Å²) < 4.78 is 3.68. The predicted molar refractivity (Wildman–Crippen MR) is 106 cm³/mol. The lowest BCUT2D eigenvalue weighted by atomic mass is 10.1. The third-order valence-corrected chi connectivity index (χ3v) is 6.48. The lowest BCUT2D eigenvalue weighted by Gasteiger charge is -2.09. The van der Waals surface area contributed by atoms with E-state index in [4.69, 9.17) is 0 Å². The van der Waals surface area contributed by atoms with Gasteiger partial charge >= 0.3 is 0 Å². The Labute approximate surface area is 163 Å². The standard InChI is InChI=1S/C20H16N6OS/c27-19(18-20(12-5-6-12)28-17-9-21-11-25(17)18)15-10-26(24-23-15)16-7-8-22-14-4-2-1-3-13(14)16/h1-4,7-12,19,27H,5-6H2. The highest BCUT2D eigenvalue weighted by molar-refractivity contribution is 7.17. The second kappa shape index (κ2) is 5.95. The van der Waals surface area contributed by atoms with Crippen molar-refractivity contribution in [2.75, 3.05) is 0 Å². The molecule has 8 heteroatoms. The molecule has 1 aliphatic carbocycles. The summed E-state index contributed by atoms with van der Waals surface area (Å²) >= 11 is 1.71. The molecule has 1 atom stereocenters. The first-order valence-electron chi connectivity index (χ1n) is 9.18. The average Bonchev–Trinajstić information content (AvgIpc) is 3.14. The molecule has 0 radical (unpaired) electrons. The van der Waals surface area contributed by atoms with Gasteiger partial charge in [0, 0.05) is 16.5 Å². The Bertz CT molecular complexity index is 1310. The molecule has 1 N–H and O–H groups in total. The fourth-order valence-corrected chi connectivity index (χ4v) is 4.97. The number of hydrogen-bond donors (Lipinski definition) is 1. The van der Waals surface area contributed by atoms with Gasteiger partial charge in [-0.15, -0.1) is 16.4 Å². The highest BCUT2D eigenvalue weighted by atomic mass is 32.1. The largest absolute Gasteiger partial charge is 0.380 e. The molecule has 0 saturated heterocycles. The van der Waals surface area contributed by atoms with E-state index < -0.39 is 6.10 Å². The first-order chi connectivity index (χ1) is 13.8. The summed E-state index contributed by atoms with van der Waals surface area (Å²) in [4.78, 5) is 10.9. The van der Waals surface area contributed by atoms with E-state index in [1.165, 1.54) is 17.7 Å². The lowest BCUT2D eigenvalue weighted by Crippen LogP contribution is -2.06. The zero-order chi connectivity index (χ0) is 18.7. The van der Waals surface area contributed by atoms with Crippen LogP contribution in [0.5, 0.6) is 0 Å². The minimum atomic E-state index is -0.847. The summed E-state index contributed by atoms with van der Waals surface area (Å²) in [5.41, 5.74) is 3.17. The molecule has 4 heterocycles. The molecule has 6 rings (SSSR count). The highest BCUT2D eigenvalue weighted by Gasteiger charge is 2.33. The van der Waals surface area contributed by atoms with E-state index in [0.717, 1.165) is 27.1 Å². The fraction of sp³-hybridized carbons (Fsp3) is 0.200. The van der Waals surface area contributed by atoms with Crippen LogP contribution in [0.1, 0.15) is 41.1 Å². The van der Waals surface area contributed by atoms with Gasteiger partial charge in [-0.2, -0.15) is 0 Å².